The predicted molar refractivity (Wildman–Crippen MR) is 119 cm³/mol. The maximum absolute atomic E-state index is 12.8. The lowest BCUT2D eigenvalue weighted by Gasteiger charge is -2.49. The number of β-lactam (4-membered cyclic amide) rings is 1. The number of rotatable bonds is 8. The summed E-state index contributed by atoms with van der Waals surface area (Å²) in [5.41, 5.74) is 10.8. The van der Waals surface area contributed by atoms with Gasteiger partial charge in [0.15, 0.2) is 5.13 Å². The number of fused-ring (bicyclic) bond motifs is 1. The number of hydrazone groups is 1. The normalized spacial score (nSPS) is 22.6. The zero-order chi connectivity index (χ0) is 24.4. The zero-order valence-corrected chi connectivity index (χ0v) is 18.8. The molecule has 15 nitrogen and oxygen atoms in total. The molecule has 4 rings (SSSR count). The predicted octanol–water partition coefficient (Wildman–Crippen LogP) is -1.88. The Morgan fingerprint density at radius 1 is 1.41 bits per heavy atom. The van der Waals surface area contributed by atoms with Crippen LogP contribution in [0.25, 0.3) is 0 Å². The van der Waals surface area contributed by atoms with Crippen molar-refractivity contribution in [2.24, 2.45) is 21.0 Å². The Kier molecular flexibility index (Phi) is 6.59. The van der Waals surface area contributed by atoms with E-state index in [0.29, 0.717) is 18.7 Å². The van der Waals surface area contributed by atoms with E-state index in [1.807, 2.05) is 0 Å². The average Bonchev–Trinajstić information content (AvgIpc) is 3.43. The number of nitrogens with one attached hydrogen (secondary N) is 1. The first-order chi connectivity index (χ1) is 16.3. The lowest BCUT2D eigenvalue weighted by molar-refractivity contribution is -0.150. The van der Waals surface area contributed by atoms with Crippen molar-refractivity contribution in [3.63, 3.8) is 0 Å². The second-order valence-corrected chi connectivity index (χ2v) is 8.67. The van der Waals surface area contributed by atoms with E-state index in [2.05, 4.69) is 34.8 Å². The van der Waals surface area contributed by atoms with Crippen molar-refractivity contribution in [1.29, 1.82) is 0 Å². The highest BCUT2D eigenvalue weighted by Gasteiger charge is 2.54. The highest BCUT2D eigenvalue weighted by atomic mass is 32.2. The number of hydrogen-bond acceptors (Lipinski definition) is 14. The van der Waals surface area contributed by atoms with Gasteiger partial charge in [0.1, 0.15) is 17.1 Å². The van der Waals surface area contributed by atoms with Crippen LogP contribution in [0.4, 0.5) is 9.52 Å². The van der Waals surface area contributed by atoms with E-state index in [4.69, 9.17) is 11.5 Å². The summed E-state index contributed by atoms with van der Waals surface area (Å²) >= 11 is 2.01. The monoisotopic (exact) mass is 512 g/mol. The molecule has 2 atom stereocenters. The van der Waals surface area contributed by atoms with Gasteiger partial charge in [-0.25, -0.2) is 19.2 Å². The van der Waals surface area contributed by atoms with Crippen LogP contribution in [0.3, 0.4) is 0 Å². The standard InChI is InChI=1S/C16H17FN10O5S2/c17-5-32-24-7(10-23-16(19)34-25-10)11(28)22-8-12(29)27-9(14(30)31)6(4-33-13(8)27)3-21-26-2-1-20-15(26)18/h3,8,13H,1-2,4-5H2,(H2,18,20)(H,22,28)(H,30,31)(H2,19,23,25)/b21-3?,24-7-/t8?,13-/m1/s1. The summed E-state index contributed by atoms with van der Waals surface area (Å²) in [6, 6.07) is -1.07. The molecular formula is C16H17FN10O5S2. The molecule has 1 aromatic rings. The van der Waals surface area contributed by atoms with Crippen LogP contribution in [0.15, 0.2) is 26.5 Å². The van der Waals surface area contributed by atoms with E-state index in [1.165, 1.54) is 23.0 Å². The lowest BCUT2D eigenvalue weighted by atomic mass is 10.0. The number of amides is 2. The molecule has 4 heterocycles. The summed E-state index contributed by atoms with van der Waals surface area (Å²) < 4.78 is 16.3. The smallest absolute Gasteiger partial charge is 0.353 e. The van der Waals surface area contributed by atoms with Gasteiger partial charge in [-0.1, -0.05) is 5.16 Å². The van der Waals surface area contributed by atoms with E-state index >= 15 is 0 Å². The summed E-state index contributed by atoms with van der Waals surface area (Å²) in [4.78, 5) is 50.6. The maximum atomic E-state index is 12.8. The van der Waals surface area contributed by atoms with E-state index in [0.717, 1.165) is 16.4 Å². The Morgan fingerprint density at radius 3 is 2.82 bits per heavy atom. The fourth-order valence-electron chi connectivity index (χ4n) is 3.27. The molecule has 0 aliphatic carbocycles. The number of carbonyl (C=O) groups is 3. The number of nitrogen functional groups attached to an aromatic ring is 1. The van der Waals surface area contributed by atoms with Gasteiger partial charge in [0.05, 0.1) is 19.3 Å². The molecule has 18 heteroatoms. The summed E-state index contributed by atoms with van der Waals surface area (Å²) in [5.74, 6) is -2.69. The van der Waals surface area contributed by atoms with Crippen LogP contribution in [-0.2, 0) is 19.2 Å². The lowest BCUT2D eigenvalue weighted by Crippen LogP contribution is -2.71. The number of aliphatic imine (C=N–C) groups is 1. The molecule has 0 spiro atoms. The van der Waals surface area contributed by atoms with Crippen molar-refractivity contribution in [3.8, 4) is 0 Å². The number of anilines is 1. The summed E-state index contributed by atoms with van der Waals surface area (Å²) in [7, 11) is 0. The number of aromatic nitrogens is 2. The molecule has 2 amide bonds. The van der Waals surface area contributed by atoms with Crippen LogP contribution in [0, 0.1) is 0 Å². The first-order valence-corrected chi connectivity index (χ1v) is 11.3. The van der Waals surface area contributed by atoms with E-state index in [-0.39, 0.29) is 28.4 Å². The molecular weight excluding hydrogens is 495 g/mol. The second-order valence-electron chi connectivity index (χ2n) is 6.78. The number of nitrogens with two attached hydrogens (primary N) is 2. The molecule has 3 aliphatic rings. The Labute approximate surface area is 198 Å². The van der Waals surface area contributed by atoms with Gasteiger partial charge in [0.25, 0.3) is 18.7 Å². The van der Waals surface area contributed by atoms with Crippen LogP contribution in [-0.4, -0.2) is 97.2 Å². The van der Waals surface area contributed by atoms with Gasteiger partial charge >= 0.3 is 5.97 Å². The molecule has 0 aromatic carbocycles. The molecule has 34 heavy (non-hydrogen) atoms. The number of thioether (sulfide) groups is 1. The molecule has 0 radical (unpaired) electrons. The van der Waals surface area contributed by atoms with Gasteiger partial charge in [-0.2, -0.15) is 14.5 Å². The average molecular weight is 513 g/mol. The summed E-state index contributed by atoms with van der Waals surface area (Å²) in [5, 5.41) is 20.5. The van der Waals surface area contributed by atoms with Crippen LogP contribution >= 0.6 is 23.3 Å². The Morgan fingerprint density at radius 2 is 2.21 bits per heavy atom. The van der Waals surface area contributed by atoms with Crippen LogP contribution < -0.4 is 16.8 Å². The second kappa shape index (κ2) is 9.59. The number of guanidine groups is 1. The first-order valence-electron chi connectivity index (χ1n) is 9.50. The van der Waals surface area contributed by atoms with Crippen molar-refractivity contribution in [3.05, 3.63) is 17.1 Å². The fourth-order valence-corrected chi connectivity index (χ4v) is 5.00. The third-order valence-corrected chi connectivity index (χ3v) is 6.61. The number of carbonyl (C=O) groups excluding carboxylic acids is 2. The zero-order valence-electron chi connectivity index (χ0n) is 17.1. The highest BCUT2D eigenvalue weighted by Crippen LogP contribution is 2.40. The molecule has 3 aliphatic heterocycles. The van der Waals surface area contributed by atoms with Crippen LogP contribution in [0.5, 0.6) is 0 Å². The van der Waals surface area contributed by atoms with Gasteiger partial charge in [0.2, 0.25) is 17.5 Å². The van der Waals surface area contributed by atoms with Gasteiger partial charge in [-0.3, -0.25) is 14.5 Å². The molecule has 1 aromatic heterocycles. The Balaban J connectivity index is 1.51. The molecule has 1 saturated heterocycles. The molecule has 180 valence electrons. The van der Waals surface area contributed by atoms with Crippen molar-refractivity contribution in [1.82, 2.24) is 24.6 Å². The van der Waals surface area contributed by atoms with E-state index < -0.39 is 41.8 Å². The summed E-state index contributed by atoms with van der Waals surface area (Å²) in [6.07, 6.45) is 1.33. The van der Waals surface area contributed by atoms with Crippen molar-refractivity contribution >= 4 is 64.1 Å². The largest absolute Gasteiger partial charge is 0.477 e. The van der Waals surface area contributed by atoms with Gasteiger partial charge < -0.3 is 26.7 Å². The van der Waals surface area contributed by atoms with Crippen molar-refractivity contribution < 1.29 is 28.7 Å². The summed E-state index contributed by atoms with van der Waals surface area (Å²) in [6.45, 7) is -0.376. The number of oxime groups is 1. The number of nitrogens with zero attached hydrogens (tertiary/aromatic N) is 7. The third kappa shape index (κ3) is 4.36. The minimum atomic E-state index is -1.33. The molecule has 1 fully saturated rings. The third-order valence-electron chi connectivity index (χ3n) is 4.76. The van der Waals surface area contributed by atoms with Crippen LogP contribution in [0.2, 0.25) is 0 Å². The minimum Gasteiger partial charge on any atom is -0.477 e. The van der Waals surface area contributed by atoms with Crippen LogP contribution in [0.1, 0.15) is 5.82 Å². The number of carboxylic acids is 1. The SMILES string of the molecule is NC1=NCCN1N=CC1=C(C(=O)O)N2C(=O)C(NC(=O)/C(=N\OCF)c3nsc(N)n3)[C@H]2SC1. The number of aliphatic carboxylic acids is 1. The van der Waals surface area contributed by atoms with Gasteiger partial charge in [-0.15, -0.1) is 11.8 Å². The van der Waals surface area contributed by atoms with Crippen molar-refractivity contribution in [2.75, 3.05) is 31.4 Å². The minimum absolute atomic E-state index is 0.0388. The van der Waals surface area contributed by atoms with E-state index in [1.54, 1.807) is 0 Å². The van der Waals surface area contributed by atoms with Gasteiger partial charge in [0, 0.05) is 22.9 Å². The van der Waals surface area contributed by atoms with Gasteiger partial charge in [-0.05, 0) is 0 Å². The van der Waals surface area contributed by atoms with Crippen molar-refractivity contribution in [2.45, 2.75) is 11.4 Å². The number of carboxylic acid groups (broad SMARTS) is 1. The van der Waals surface area contributed by atoms with E-state index in [9.17, 15) is 23.9 Å². The quantitative estimate of drug-likeness (QED) is 0.172. The highest BCUT2D eigenvalue weighted by molar-refractivity contribution is 8.00. The molecule has 0 bridgehead atoms. The Hall–Kier alpha value is -3.80. The molecule has 1 unspecified atom stereocenters. The topological polar surface area (TPSA) is 214 Å². The first kappa shape index (κ1) is 23.4. The number of hydrogen-bond donors (Lipinski definition) is 4. The fraction of sp³-hybridized carbons (Fsp3) is 0.375. The molecule has 6 N–H and O–H groups in total. The number of halogens is 1. The maximum Gasteiger partial charge on any atom is 0.353 e. The number of alkyl halides is 1. The Bertz CT molecular complexity index is 1150. The molecule has 0 saturated carbocycles.